The van der Waals surface area contributed by atoms with Crippen molar-refractivity contribution in [3.05, 3.63) is 88.0 Å². The van der Waals surface area contributed by atoms with Crippen LogP contribution in [0.25, 0.3) is 0 Å². The molecule has 1 aliphatic rings. The van der Waals surface area contributed by atoms with Gasteiger partial charge in [0.1, 0.15) is 11.8 Å². The molecule has 1 aliphatic carbocycles. The van der Waals surface area contributed by atoms with Crippen molar-refractivity contribution in [1.82, 2.24) is 5.32 Å². The first-order valence-corrected chi connectivity index (χ1v) is 18.0. The fourth-order valence-electron chi connectivity index (χ4n) is 4.77. The van der Waals surface area contributed by atoms with Gasteiger partial charge in [-0.25, -0.2) is 9.59 Å². The highest BCUT2D eigenvalue weighted by molar-refractivity contribution is 5.90. The Hall–Kier alpha value is -5.08. The molecule has 2 aromatic rings. The van der Waals surface area contributed by atoms with Crippen LogP contribution in [0.1, 0.15) is 101 Å². The summed E-state index contributed by atoms with van der Waals surface area (Å²) in [6, 6.07) is 8.26. The van der Waals surface area contributed by atoms with Gasteiger partial charge in [0.15, 0.2) is 11.5 Å². The number of benzene rings is 2. The second kappa shape index (κ2) is 27.5. The van der Waals surface area contributed by atoms with E-state index in [-0.39, 0.29) is 36.0 Å². The number of carbonyl (C=O) groups excluding carboxylic acids is 3. The molecule has 1 N–H and O–H groups in total. The third-order valence-electron chi connectivity index (χ3n) is 7.73. The Balaban J connectivity index is 0.000000471. The number of rotatable bonds is 20. The molecule has 0 aromatic heterocycles. The van der Waals surface area contributed by atoms with Crippen molar-refractivity contribution in [3.63, 3.8) is 0 Å². The van der Waals surface area contributed by atoms with Crippen LogP contribution >= 0.6 is 0 Å². The van der Waals surface area contributed by atoms with Gasteiger partial charge >= 0.3 is 18.1 Å². The lowest BCUT2D eigenvalue weighted by molar-refractivity contribution is -0.757. The molecule has 0 saturated heterocycles. The Morgan fingerprint density at radius 2 is 1.72 bits per heavy atom. The third-order valence-corrected chi connectivity index (χ3v) is 7.73. The molecule has 15 heteroatoms. The van der Waals surface area contributed by atoms with Crippen molar-refractivity contribution in [3.8, 4) is 17.2 Å². The predicted octanol–water partition coefficient (Wildman–Crippen LogP) is 8.85. The van der Waals surface area contributed by atoms with Crippen molar-refractivity contribution in [2.75, 3.05) is 26.9 Å². The summed E-state index contributed by atoms with van der Waals surface area (Å²) in [5.41, 5.74) is -0.497. The maximum atomic E-state index is 12.5. The molecule has 0 spiro atoms. The van der Waals surface area contributed by atoms with Crippen LogP contribution in [0.2, 0.25) is 0 Å². The minimum Gasteiger partial charge on any atom is -0.493 e. The molecule has 0 aliphatic heterocycles. The van der Waals surface area contributed by atoms with E-state index in [1.807, 2.05) is 0 Å². The zero-order valence-corrected chi connectivity index (χ0v) is 31.4. The molecule has 0 heterocycles. The van der Waals surface area contributed by atoms with Crippen molar-refractivity contribution < 1.29 is 56.4 Å². The normalized spacial score (nSPS) is 13.2. The van der Waals surface area contributed by atoms with Crippen LogP contribution in [0.3, 0.4) is 0 Å². The largest absolute Gasteiger partial charge is 0.493 e. The van der Waals surface area contributed by atoms with Gasteiger partial charge in [-0.3, -0.25) is 4.79 Å². The Labute approximate surface area is 315 Å². The summed E-state index contributed by atoms with van der Waals surface area (Å²) in [6.45, 7) is 6.12. The number of ether oxygens (including phenoxy) is 4. The second-order valence-electron chi connectivity index (χ2n) is 12.0. The van der Waals surface area contributed by atoms with Crippen LogP contribution in [-0.4, -0.2) is 56.4 Å². The van der Waals surface area contributed by atoms with Crippen molar-refractivity contribution >= 4 is 18.3 Å². The molecule has 54 heavy (non-hydrogen) atoms. The van der Waals surface area contributed by atoms with Gasteiger partial charge < -0.3 is 29.1 Å². The topological polar surface area (TPSA) is 153 Å². The summed E-state index contributed by atoms with van der Waals surface area (Å²) in [5.74, 6) is -0.159. The Bertz CT molecular complexity index is 1460. The standard InChI is InChI=1S/C16H19F3O.C16H20N2O9.C7H14/c17-16(18,19)14-9-5-10-15(12-14)20-11-4-3-8-13-6-1-2-7-13;1-11(17-10-19)15(20)27-13-6-5-12(9-14(13)24-2)16(21)25-7-3-4-8-26-18(22)23;1-3-5-7-6-4-2/h3,5,8-10,12-13H,1-2,4,6-7,11H2;5-6,9-11H,3-4,7-8H2,1-2H3,(H,17,19);3,5H,4,6-7H2,1-2H3/b8-3+;;5-3-. The molecule has 1 unspecified atom stereocenters. The molecule has 12 nitrogen and oxygen atoms in total. The predicted molar refractivity (Wildman–Crippen MR) is 197 cm³/mol. The number of hydrogen-bond donors (Lipinski definition) is 1. The molecule has 1 amide bonds. The maximum absolute atomic E-state index is 12.5. The second-order valence-corrected chi connectivity index (χ2v) is 12.0. The number of amides is 1. The molecule has 0 bridgehead atoms. The van der Waals surface area contributed by atoms with E-state index >= 15 is 0 Å². The van der Waals surface area contributed by atoms with Gasteiger partial charge in [-0.05, 0) is 94.7 Å². The molecular formula is C39H53F3N2O10. The van der Waals surface area contributed by atoms with Crippen molar-refractivity contribution in [1.29, 1.82) is 0 Å². The fraction of sp³-hybridized carbons (Fsp3) is 0.513. The Morgan fingerprint density at radius 1 is 1.00 bits per heavy atom. The number of alkyl halides is 3. The molecule has 3 rings (SSSR count). The van der Waals surface area contributed by atoms with Gasteiger partial charge in [-0.1, -0.05) is 63.0 Å². The summed E-state index contributed by atoms with van der Waals surface area (Å²) < 4.78 is 58.2. The number of carbonyl (C=O) groups is 3. The summed E-state index contributed by atoms with van der Waals surface area (Å²) in [5, 5.41) is 11.4. The maximum Gasteiger partial charge on any atom is 0.416 e. The lowest BCUT2D eigenvalue weighted by Gasteiger charge is -2.13. The van der Waals surface area contributed by atoms with Crippen LogP contribution < -0.4 is 19.5 Å². The van der Waals surface area contributed by atoms with Gasteiger partial charge in [0, 0.05) is 0 Å². The summed E-state index contributed by atoms with van der Waals surface area (Å²) >= 11 is 0. The fourth-order valence-corrected chi connectivity index (χ4v) is 4.77. The van der Waals surface area contributed by atoms with Gasteiger partial charge in [0.05, 0.1) is 38.1 Å². The SMILES string of the molecule is C/C=C\CCCC.COc1cc(C(=O)OCCCCO[N+](=O)[O-])ccc1OC(=O)C(C)NC=O.FC(F)(F)c1cccc(OCC/C=C/C2CCCC2)c1. The molecule has 2 aromatic carbocycles. The van der Waals surface area contributed by atoms with E-state index in [2.05, 4.69) is 48.3 Å². The highest BCUT2D eigenvalue weighted by Crippen LogP contribution is 2.32. The number of nitrogens with one attached hydrogen (secondary N) is 1. The quantitative estimate of drug-likeness (QED) is 0.0263. The number of allylic oxidation sites excluding steroid dienone is 3. The van der Waals surface area contributed by atoms with Crippen LogP contribution in [-0.2, 0) is 25.3 Å². The van der Waals surface area contributed by atoms with Gasteiger partial charge in [0.2, 0.25) is 6.41 Å². The molecular weight excluding hydrogens is 713 g/mol. The van der Waals surface area contributed by atoms with Crippen LogP contribution in [0.4, 0.5) is 13.2 Å². The number of methoxy groups -OCH3 is 1. The van der Waals surface area contributed by atoms with Crippen molar-refractivity contribution in [2.24, 2.45) is 5.92 Å². The first-order valence-electron chi connectivity index (χ1n) is 18.0. The average molecular weight is 767 g/mol. The van der Waals surface area contributed by atoms with E-state index in [0.717, 1.165) is 18.6 Å². The summed E-state index contributed by atoms with van der Waals surface area (Å²) in [6.07, 6.45) is 15.2. The van der Waals surface area contributed by atoms with Gasteiger partial charge in [-0.15, -0.1) is 10.1 Å². The minimum atomic E-state index is -4.32. The van der Waals surface area contributed by atoms with Gasteiger partial charge in [0.25, 0.3) is 5.09 Å². The van der Waals surface area contributed by atoms with Crippen LogP contribution in [0.5, 0.6) is 17.2 Å². The van der Waals surface area contributed by atoms with Crippen molar-refractivity contribution in [2.45, 2.75) is 97.2 Å². The highest BCUT2D eigenvalue weighted by Gasteiger charge is 2.30. The zero-order valence-electron chi connectivity index (χ0n) is 31.4. The van der Waals surface area contributed by atoms with E-state index in [0.29, 0.717) is 31.8 Å². The van der Waals surface area contributed by atoms with E-state index < -0.39 is 34.8 Å². The number of nitrogens with zero attached hydrogens (tertiary/aromatic N) is 1. The molecule has 300 valence electrons. The van der Waals surface area contributed by atoms with Crippen LogP contribution in [0.15, 0.2) is 66.8 Å². The smallest absolute Gasteiger partial charge is 0.416 e. The van der Waals surface area contributed by atoms with E-state index in [1.54, 1.807) is 6.07 Å². The number of hydrogen-bond acceptors (Lipinski definition) is 10. The lowest BCUT2D eigenvalue weighted by atomic mass is 10.1. The third kappa shape index (κ3) is 20.8. The molecule has 1 saturated carbocycles. The van der Waals surface area contributed by atoms with E-state index in [9.17, 15) is 37.7 Å². The number of esters is 2. The molecule has 1 atom stereocenters. The monoisotopic (exact) mass is 766 g/mol. The Morgan fingerprint density at radius 3 is 2.35 bits per heavy atom. The Kier molecular flexibility index (Phi) is 23.9. The van der Waals surface area contributed by atoms with E-state index in [4.69, 9.17) is 18.9 Å². The van der Waals surface area contributed by atoms with E-state index in [1.165, 1.54) is 83.2 Å². The van der Waals surface area contributed by atoms with Crippen LogP contribution in [0, 0.1) is 16.0 Å². The average Bonchev–Trinajstić information content (AvgIpc) is 3.67. The molecule has 0 radical (unpaired) electrons. The first-order chi connectivity index (χ1) is 25.9. The highest BCUT2D eigenvalue weighted by atomic mass is 19.4. The first kappa shape index (κ1) is 46.9. The lowest BCUT2D eigenvalue weighted by Crippen LogP contribution is -2.36. The summed E-state index contributed by atoms with van der Waals surface area (Å²) in [4.78, 5) is 48.3. The van der Waals surface area contributed by atoms with Gasteiger partial charge in [-0.2, -0.15) is 13.2 Å². The number of halogens is 3. The minimum absolute atomic E-state index is 0.0633. The summed E-state index contributed by atoms with van der Waals surface area (Å²) in [7, 11) is 1.34. The number of unbranched alkanes of at least 4 members (excludes halogenated alkanes) is 3. The molecule has 1 fully saturated rings. The zero-order chi connectivity index (χ0) is 40.2.